The van der Waals surface area contributed by atoms with Crippen molar-refractivity contribution in [3.63, 3.8) is 0 Å². The van der Waals surface area contributed by atoms with Crippen molar-refractivity contribution in [1.29, 1.82) is 0 Å². The van der Waals surface area contributed by atoms with E-state index in [4.69, 9.17) is 4.74 Å². The molecule has 0 aliphatic heterocycles. The average Bonchev–Trinajstić information content (AvgIpc) is 3.12. The van der Waals surface area contributed by atoms with Crippen molar-refractivity contribution in [2.24, 2.45) is 0 Å². The van der Waals surface area contributed by atoms with Crippen LogP contribution in [0.5, 0.6) is 0 Å². The maximum Gasteiger partial charge on any atom is 0.250 e. The van der Waals surface area contributed by atoms with Crippen molar-refractivity contribution in [2.45, 2.75) is 33.3 Å². The van der Waals surface area contributed by atoms with Crippen LogP contribution >= 0.6 is 0 Å². The van der Waals surface area contributed by atoms with Crippen LogP contribution in [0.2, 0.25) is 0 Å². The first-order chi connectivity index (χ1) is 13.4. The van der Waals surface area contributed by atoms with E-state index in [9.17, 15) is 4.79 Å². The molecular weight excluding hydrogens is 352 g/mol. The van der Waals surface area contributed by atoms with E-state index in [0.29, 0.717) is 22.7 Å². The second kappa shape index (κ2) is 8.08. The van der Waals surface area contributed by atoms with E-state index in [0.717, 1.165) is 28.6 Å². The fourth-order valence-corrected chi connectivity index (χ4v) is 2.77. The van der Waals surface area contributed by atoms with Gasteiger partial charge in [-0.15, -0.1) is 0 Å². The molecule has 2 aromatic heterocycles. The van der Waals surface area contributed by atoms with Crippen LogP contribution < -0.4 is 5.32 Å². The number of H-pyrrole nitrogens is 1. The van der Waals surface area contributed by atoms with Crippen LogP contribution in [0.1, 0.15) is 32.8 Å². The molecule has 0 aliphatic carbocycles. The highest BCUT2D eigenvalue weighted by molar-refractivity contribution is 6.04. The Hall–Kier alpha value is -3.41. The third kappa shape index (κ3) is 3.96. The first kappa shape index (κ1) is 19.4. The molecule has 0 saturated heterocycles. The molecule has 0 aliphatic rings. The molecule has 0 spiro atoms. The summed E-state index contributed by atoms with van der Waals surface area (Å²) in [5, 5.41) is 3.67. The first-order valence-electron chi connectivity index (χ1n) is 9.16. The summed E-state index contributed by atoms with van der Waals surface area (Å²) >= 11 is 0. The fraction of sp³-hybridized carbons (Fsp3) is 0.227. The highest BCUT2D eigenvalue weighted by atomic mass is 16.5. The summed E-state index contributed by atoms with van der Waals surface area (Å²) in [6.07, 6.45) is 4.29. The van der Waals surface area contributed by atoms with Gasteiger partial charge in [-0.2, -0.15) is 0 Å². The second-order valence-electron chi connectivity index (χ2n) is 6.72. The van der Waals surface area contributed by atoms with E-state index in [1.807, 2.05) is 37.4 Å². The normalized spacial score (nSPS) is 11.8. The van der Waals surface area contributed by atoms with Gasteiger partial charge in [0.2, 0.25) is 0 Å². The van der Waals surface area contributed by atoms with Gasteiger partial charge in [0.15, 0.2) is 0 Å². The second-order valence-corrected chi connectivity index (χ2v) is 6.72. The predicted octanol–water partition coefficient (Wildman–Crippen LogP) is 4.93. The molecule has 3 rings (SSSR count). The van der Waals surface area contributed by atoms with Crippen molar-refractivity contribution in [2.75, 3.05) is 5.32 Å². The van der Waals surface area contributed by atoms with Crippen LogP contribution in [0.4, 0.5) is 5.69 Å². The van der Waals surface area contributed by atoms with Crippen LogP contribution in [0.25, 0.3) is 28.0 Å². The molecule has 0 bridgehead atoms. The molecule has 6 heteroatoms. The summed E-state index contributed by atoms with van der Waals surface area (Å²) in [6.45, 7) is 13.5. The number of aromatic nitrogens is 3. The minimum Gasteiger partial charge on any atom is -0.491 e. The molecule has 1 unspecified atom stereocenters. The molecule has 1 aromatic carbocycles. The maximum atomic E-state index is 11.9. The summed E-state index contributed by atoms with van der Waals surface area (Å²) in [5.41, 5.74) is 4.23. The lowest BCUT2D eigenvalue weighted by Crippen LogP contribution is -2.11. The van der Waals surface area contributed by atoms with E-state index in [1.54, 1.807) is 6.92 Å². The molecule has 2 N–H and O–H groups in total. The topological polar surface area (TPSA) is 79.9 Å². The Morgan fingerprint density at radius 2 is 2.11 bits per heavy atom. The molecule has 2 heterocycles. The minimum atomic E-state index is -0.220. The van der Waals surface area contributed by atoms with Crippen molar-refractivity contribution >= 4 is 28.4 Å². The third-order valence-corrected chi connectivity index (χ3v) is 4.47. The Labute approximate surface area is 164 Å². The molecule has 1 atom stereocenters. The summed E-state index contributed by atoms with van der Waals surface area (Å²) in [4.78, 5) is 23.9. The number of hydrogen-bond donors (Lipinski definition) is 2. The van der Waals surface area contributed by atoms with Crippen LogP contribution in [0.3, 0.4) is 0 Å². The number of fused-ring (bicyclic) bond motifs is 1. The van der Waals surface area contributed by atoms with Crippen molar-refractivity contribution in [1.82, 2.24) is 15.0 Å². The Balaban J connectivity index is 2.04. The Morgan fingerprint density at radius 3 is 2.82 bits per heavy atom. The van der Waals surface area contributed by atoms with E-state index in [-0.39, 0.29) is 12.0 Å². The Bertz CT molecular complexity index is 1050. The quantitative estimate of drug-likeness (QED) is 0.453. The molecule has 28 heavy (non-hydrogen) atoms. The number of anilines is 1. The van der Waals surface area contributed by atoms with Gasteiger partial charge in [0.05, 0.1) is 17.2 Å². The number of rotatable bonds is 7. The largest absolute Gasteiger partial charge is 0.491 e. The molecule has 144 valence electrons. The van der Waals surface area contributed by atoms with E-state index in [2.05, 4.69) is 40.4 Å². The van der Waals surface area contributed by atoms with Gasteiger partial charge in [-0.3, -0.25) is 4.79 Å². The zero-order chi connectivity index (χ0) is 20.3. The maximum absolute atomic E-state index is 11.9. The number of aromatic amines is 1. The van der Waals surface area contributed by atoms with Gasteiger partial charge < -0.3 is 15.0 Å². The third-order valence-electron chi connectivity index (χ3n) is 4.47. The van der Waals surface area contributed by atoms with Crippen molar-refractivity contribution in [3.05, 3.63) is 61.1 Å². The number of hydrogen-bond acceptors (Lipinski definition) is 4. The minimum absolute atomic E-state index is 0.0613. The van der Waals surface area contributed by atoms with Gasteiger partial charge in [0.25, 0.3) is 5.91 Å². The molecule has 0 radical (unpaired) electrons. The molecule has 0 saturated carbocycles. The Kier molecular flexibility index (Phi) is 5.59. The van der Waals surface area contributed by atoms with Crippen LogP contribution in [-0.2, 0) is 9.53 Å². The number of nitrogens with zero attached hydrogens (tertiary/aromatic N) is 2. The number of carbonyl (C=O) groups is 1. The number of amides is 1. The van der Waals surface area contributed by atoms with Gasteiger partial charge >= 0.3 is 0 Å². The average molecular weight is 376 g/mol. The van der Waals surface area contributed by atoms with Gasteiger partial charge in [0.1, 0.15) is 17.7 Å². The summed E-state index contributed by atoms with van der Waals surface area (Å²) in [6, 6.07) is 7.50. The highest BCUT2D eigenvalue weighted by Crippen LogP contribution is 2.33. The van der Waals surface area contributed by atoms with Crippen molar-refractivity contribution in [3.8, 4) is 11.3 Å². The standard InChI is InChI=1S/C22H24N4O2/c1-6-14(4)28-15(5)18-11-23-21-19(18)20(24-12-25-21)16-8-7-9-17(10-16)26-22(27)13(2)3/h7-12,14H,2,5-6H2,1,3-4H3,(H,26,27)(H,23,24,25). The summed E-state index contributed by atoms with van der Waals surface area (Å²) < 4.78 is 5.91. The summed E-state index contributed by atoms with van der Waals surface area (Å²) in [7, 11) is 0. The summed E-state index contributed by atoms with van der Waals surface area (Å²) in [5.74, 6) is 0.353. The predicted molar refractivity (Wildman–Crippen MR) is 113 cm³/mol. The Morgan fingerprint density at radius 1 is 1.32 bits per heavy atom. The molecule has 1 amide bonds. The van der Waals surface area contributed by atoms with Crippen LogP contribution in [-0.4, -0.2) is 27.0 Å². The van der Waals surface area contributed by atoms with Gasteiger partial charge in [-0.1, -0.05) is 32.2 Å². The molecule has 3 aromatic rings. The van der Waals surface area contributed by atoms with E-state index in [1.165, 1.54) is 6.33 Å². The molecule has 6 nitrogen and oxygen atoms in total. The lowest BCUT2D eigenvalue weighted by Gasteiger charge is -2.15. The van der Waals surface area contributed by atoms with Crippen LogP contribution in [0.15, 0.2) is 55.5 Å². The number of benzene rings is 1. The van der Waals surface area contributed by atoms with E-state index >= 15 is 0 Å². The van der Waals surface area contributed by atoms with Crippen LogP contribution in [0, 0.1) is 0 Å². The number of ether oxygens (including phenoxy) is 1. The SMILES string of the molecule is C=C(C)C(=O)Nc1cccc(-c2ncnc3[nH]cc(C(=C)OC(C)CC)c23)c1. The number of nitrogens with one attached hydrogen (secondary N) is 2. The van der Waals surface area contributed by atoms with Gasteiger partial charge in [-0.25, -0.2) is 9.97 Å². The first-order valence-corrected chi connectivity index (χ1v) is 9.16. The lowest BCUT2D eigenvalue weighted by molar-refractivity contribution is -0.112. The van der Waals surface area contributed by atoms with Gasteiger partial charge in [-0.05, 0) is 32.4 Å². The molecular formula is C22H24N4O2. The smallest absolute Gasteiger partial charge is 0.250 e. The number of carbonyl (C=O) groups excluding carboxylic acids is 1. The zero-order valence-electron chi connectivity index (χ0n) is 16.4. The van der Waals surface area contributed by atoms with E-state index < -0.39 is 0 Å². The monoisotopic (exact) mass is 376 g/mol. The highest BCUT2D eigenvalue weighted by Gasteiger charge is 2.17. The molecule has 0 fully saturated rings. The van der Waals surface area contributed by atoms with Gasteiger partial charge in [0, 0.05) is 28.6 Å². The van der Waals surface area contributed by atoms with Crippen molar-refractivity contribution < 1.29 is 9.53 Å². The zero-order valence-corrected chi connectivity index (χ0v) is 16.4. The fourth-order valence-electron chi connectivity index (χ4n) is 2.77. The lowest BCUT2D eigenvalue weighted by atomic mass is 10.0.